The largest absolute Gasteiger partial charge is 0.365 e. The molecule has 2 heteroatoms. The summed E-state index contributed by atoms with van der Waals surface area (Å²) >= 11 is 0. The Morgan fingerprint density at radius 3 is 2.93 bits per heavy atom. The minimum Gasteiger partial charge on any atom is -0.365 e. The third-order valence-electron chi connectivity index (χ3n) is 2.23. The van der Waals surface area contributed by atoms with Crippen molar-refractivity contribution in [2.75, 3.05) is 0 Å². The van der Waals surface area contributed by atoms with E-state index in [9.17, 15) is 0 Å². The van der Waals surface area contributed by atoms with Crippen LogP contribution in [0.25, 0.3) is 0 Å². The highest BCUT2D eigenvalue weighted by atomic mass is 14.9. The summed E-state index contributed by atoms with van der Waals surface area (Å²) in [4.78, 5) is 4.24. The third kappa shape index (κ3) is 4.63. The highest BCUT2D eigenvalue weighted by molar-refractivity contribution is 5.71. The average Bonchev–Trinajstić information content (AvgIpc) is 2.20. The molecule has 0 aromatic heterocycles. The Balaban J connectivity index is 2.39. The van der Waals surface area contributed by atoms with Crippen LogP contribution in [0.4, 0.5) is 0 Å². The van der Waals surface area contributed by atoms with Crippen molar-refractivity contribution in [1.29, 1.82) is 0 Å². The van der Waals surface area contributed by atoms with Gasteiger partial charge in [-0.1, -0.05) is 12.2 Å². The summed E-state index contributed by atoms with van der Waals surface area (Å²) in [6.45, 7) is 6.26. The number of aliphatic imine (C=N–C) groups is 1. The normalized spacial score (nSPS) is 17.3. The molecule has 0 saturated carbocycles. The van der Waals surface area contributed by atoms with Gasteiger partial charge in [-0.2, -0.15) is 0 Å². The lowest BCUT2D eigenvalue weighted by Crippen LogP contribution is -2.08. The third-order valence-corrected chi connectivity index (χ3v) is 2.23. The van der Waals surface area contributed by atoms with Gasteiger partial charge in [0.25, 0.3) is 0 Å². The Morgan fingerprint density at radius 1 is 1.47 bits per heavy atom. The van der Waals surface area contributed by atoms with E-state index in [0.717, 1.165) is 12.8 Å². The van der Waals surface area contributed by atoms with Crippen LogP contribution < -0.4 is 5.32 Å². The second-order valence-electron chi connectivity index (χ2n) is 4.00. The molecule has 1 aliphatic rings. The number of hydrogen-bond acceptors (Lipinski definition) is 2. The van der Waals surface area contributed by atoms with Crippen LogP contribution in [-0.2, 0) is 0 Å². The summed E-state index contributed by atoms with van der Waals surface area (Å²) in [5.74, 6) is 0. The molecule has 82 valence electrons. The summed E-state index contributed by atoms with van der Waals surface area (Å²) in [7, 11) is 0. The minimum absolute atomic E-state index is 0.369. The van der Waals surface area contributed by atoms with Gasteiger partial charge >= 0.3 is 0 Å². The summed E-state index contributed by atoms with van der Waals surface area (Å²) < 4.78 is 0. The van der Waals surface area contributed by atoms with E-state index >= 15 is 0 Å². The van der Waals surface area contributed by atoms with E-state index in [1.807, 2.05) is 18.5 Å². The van der Waals surface area contributed by atoms with Gasteiger partial charge in [-0.25, -0.2) is 0 Å². The Hall–Kier alpha value is -1.31. The van der Waals surface area contributed by atoms with Gasteiger partial charge in [0.1, 0.15) is 0 Å². The average molecular weight is 204 g/mol. The quantitative estimate of drug-likeness (QED) is 0.699. The van der Waals surface area contributed by atoms with Gasteiger partial charge in [-0.05, 0) is 45.3 Å². The Bertz CT molecular complexity index is 306. The van der Waals surface area contributed by atoms with Gasteiger partial charge in [0.05, 0.1) is 0 Å². The first-order valence-corrected chi connectivity index (χ1v) is 5.51. The number of nitrogens with zero attached hydrogens (tertiary/aromatic N) is 1. The van der Waals surface area contributed by atoms with Crippen molar-refractivity contribution in [3.8, 4) is 0 Å². The number of nitrogens with one attached hydrogen (secondary N) is 1. The van der Waals surface area contributed by atoms with Crippen LogP contribution in [0.3, 0.4) is 0 Å². The molecule has 15 heavy (non-hydrogen) atoms. The van der Waals surface area contributed by atoms with Crippen LogP contribution in [0.2, 0.25) is 0 Å². The molecule has 0 amide bonds. The molecule has 0 aromatic carbocycles. The maximum atomic E-state index is 4.24. The second kappa shape index (κ2) is 6.23. The molecule has 2 nitrogen and oxygen atoms in total. The van der Waals surface area contributed by atoms with E-state index in [0.29, 0.717) is 6.04 Å². The molecule has 0 fully saturated rings. The predicted octanol–water partition coefficient (Wildman–Crippen LogP) is 3.19. The Morgan fingerprint density at radius 2 is 2.27 bits per heavy atom. The van der Waals surface area contributed by atoms with Gasteiger partial charge in [-0.15, -0.1) is 0 Å². The molecule has 1 rings (SSSR count). The number of allylic oxidation sites excluding steroid dienone is 5. The topological polar surface area (TPSA) is 24.4 Å². The first-order chi connectivity index (χ1) is 7.20. The maximum Gasteiger partial charge on any atom is 0.0443 e. The molecule has 0 bridgehead atoms. The zero-order valence-corrected chi connectivity index (χ0v) is 9.83. The molecular formula is C13H20N2. The Labute approximate surface area is 92.5 Å². The van der Waals surface area contributed by atoms with Crippen molar-refractivity contribution in [1.82, 2.24) is 5.32 Å². The van der Waals surface area contributed by atoms with E-state index in [2.05, 4.69) is 43.2 Å². The van der Waals surface area contributed by atoms with E-state index in [1.54, 1.807) is 0 Å². The molecule has 0 saturated heterocycles. The van der Waals surface area contributed by atoms with Gasteiger partial charge in [0, 0.05) is 24.2 Å². The van der Waals surface area contributed by atoms with Gasteiger partial charge in [0.15, 0.2) is 0 Å². The molecule has 0 aliphatic heterocycles. The molecule has 0 radical (unpaired) electrons. The van der Waals surface area contributed by atoms with Crippen LogP contribution >= 0.6 is 0 Å². The molecule has 0 aromatic rings. The fourth-order valence-corrected chi connectivity index (χ4v) is 1.39. The number of hydrogen-bond donors (Lipinski definition) is 1. The summed E-state index contributed by atoms with van der Waals surface area (Å²) in [5, 5.41) is 3.30. The van der Waals surface area contributed by atoms with E-state index in [1.165, 1.54) is 11.3 Å². The molecule has 0 spiro atoms. The zero-order chi connectivity index (χ0) is 11.1. The van der Waals surface area contributed by atoms with E-state index in [4.69, 9.17) is 0 Å². The van der Waals surface area contributed by atoms with Crippen LogP contribution in [0, 0.1) is 0 Å². The van der Waals surface area contributed by atoms with Crippen LogP contribution in [0.5, 0.6) is 0 Å². The van der Waals surface area contributed by atoms with Crippen LogP contribution in [-0.4, -0.2) is 12.3 Å². The van der Waals surface area contributed by atoms with E-state index in [-0.39, 0.29) is 0 Å². The van der Waals surface area contributed by atoms with Crippen LogP contribution in [0.1, 0.15) is 33.6 Å². The molecule has 1 aliphatic carbocycles. The smallest absolute Gasteiger partial charge is 0.0443 e. The fourth-order valence-electron chi connectivity index (χ4n) is 1.39. The van der Waals surface area contributed by atoms with Gasteiger partial charge < -0.3 is 5.32 Å². The van der Waals surface area contributed by atoms with E-state index < -0.39 is 0 Å². The highest BCUT2D eigenvalue weighted by Crippen LogP contribution is 2.15. The molecule has 1 N–H and O–H groups in total. The summed E-state index contributed by atoms with van der Waals surface area (Å²) in [6, 6.07) is 0.369. The van der Waals surface area contributed by atoms with Gasteiger partial charge in [-0.3, -0.25) is 4.99 Å². The minimum atomic E-state index is 0.369. The van der Waals surface area contributed by atoms with Crippen molar-refractivity contribution in [2.24, 2.45) is 4.99 Å². The lowest BCUT2D eigenvalue weighted by atomic mass is 10.1. The second-order valence-corrected chi connectivity index (χ2v) is 4.00. The van der Waals surface area contributed by atoms with Crippen molar-refractivity contribution in [2.45, 2.75) is 39.7 Å². The first kappa shape index (κ1) is 11.8. The molecule has 0 heterocycles. The number of rotatable bonds is 4. The van der Waals surface area contributed by atoms with Gasteiger partial charge in [0.2, 0.25) is 0 Å². The molecular weight excluding hydrogens is 184 g/mol. The molecule has 0 unspecified atom stereocenters. The fraction of sp³-hybridized carbons (Fsp3) is 0.462. The lowest BCUT2D eigenvalue weighted by Gasteiger charge is -2.12. The first-order valence-electron chi connectivity index (χ1n) is 5.51. The van der Waals surface area contributed by atoms with Crippen LogP contribution in [0.15, 0.2) is 40.7 Å². The zero-order valence-electron chi connectivity index (χ0n) is 9.83. The Kier molecular flexibility index (Phi) is 4.88. The lowest BCUT2D eigenvalue weighted by molar-refractivity contribution is 0.840. The van der Waals surface area contributed by atoms with Crippen molar-refractivity contribution < 1.29 is 0 Å². The van der Waals surface area contributed by atoms with Crippen molar-refractivity contribution in [3.05, 3.63) is 35.7 Å². The monoisotopic (exact) mass is 204 g/mol. The SMILES string of the molecule is CC1=C(N/C=C\C=NC(C)C)CCC=C1. The maximum absolute atomic E-state index is 4.24. The summed E-state index contributed by atoms with van der Waals surface area (Å²) in [6.07, 6.45) is 12.3. The standard InChI is InChI=1S/C13H20N2/c1-11(2)14-9-6-10-15-13-8-5-4-7-12(13)3/h4,6-7,9-11,15H,5,8H2,1-3H3/b10-6-,14-9?. The predicted molar refractivity (Wildman–Crippen MR) is 67.0 cm³/mol. The highest BCUT2D eigenvalue weighted by Gasteiger charge is 2.01. The van der Waals surface area contributed by atoms with Crippen molar-refractivity contribution >= 4 is 6.21 Å². The van der Waals surface area contributed by atoms with Crippen molar-refractivity contribution in [3.63, 3.8) is 0 Å². The summed E-state index contributed by atoms with van der Waals surface area (Å²) in [5.41, 5.74) is 2.64. The molecule has 0 atom stereocenters.